The molecule has 5 atom stereocenters. The maximum atomic E-state index is 12.9. The highest BCUT2D eigenvalue weighted by Gasteiger charge is 2.91. The fraction of sp³-hybridized carbons (Fsp3) is 0.519. The molecule has 0 amide bonds. The van der Waals surface area contributed by atoms with Crippen LogP contribution < -0.4 is 9.47 Å². The molecule has 0 aromatic heterocycles. The summed E-state index contributed by atoms with van der Waals surface area (Å²) in [5.41, 5.74) is 1.61. The van der Waals surface area contributed by atoms with Crippen LogP contribution in [0, 0.1) is 6.92 Å². The number of hydrogen-bond donors (Lipinski definition) is 1. The number of methoxy groups -OCH3 is 2. The Balaban J connectivity index is 1.49. The number of fused-ring (bicyclic) bond motifs is 8. The van der Waals surface area contributed by atoms with E-state index in [0.29, 0.717) is 60.3 Å². The average molecular weight is 497 g/mol. The summed E-state index contributed by atoms with van der Waals surface area (Å²) in [5.74, 6) is -1.78. The molecule has 0 saturated carbocycles. The Morgan fingerprint density at radius 3 is 2.78 bits per heavy atom. The number of carbonyl (C=O) groups excluding carboxylic acids is 1. The molecule has 2 bridgehead atoms. The zero-order chi connectivity index (χ0) is 25.0. The summed E-state index contributed by atoms with van der Waals surface area (Å²) < 4.78 is 43.5. The van der Waals surface area contributed by atoms with Crippen LogP contribution in [-0.4, -0.2) is 68.2 Å². The van der Waals surface area contributed by atoms with Crippen molar-refractivity contribution >= 4 is 16.6 Å². The number of Topliss-reactive ketones (excluding diaryl/α,β-unsaturated/α-hetero) is 1. The summed E-state index contributed by atoms with van der Waals surface area (Å²) in [5, 5.41) is 12.6. The first-order valence-electron chi connectivity index (χ1n) is 12.2. The van der Waals surface area contributed by atoms with Crippen molar-refractivity contribution in [2.75, 3.05) is 34.0 Å². The smallest absolute Gasteiger partial charge is 0.276 e. The first kappa shape index (κ1) is 22.5. The molecule has 2 aromatic carbocycles. The molecule has 1 unspecified atom stereocenters. The van der Waals surface area contributed by atoms with Gasteiger partial charge in [-0.1, -0.05) is 6.08 Å². The van der Waals surface area contributed by atoms with Crippen molar-refractivity contribution in [2.24, 2.45) is 0 Å². The van der Waals surface area contributed by atoms with Gasteiger partial charge in [-0.3, -0.25) is 4.79 Å². The molecule has 9 heteroatoms. The van der Waals surface area contributed by atoms with Gasteiger partial charge in [-0.25, -0.2) is 0 Å². The number of ketones is 1. The Kier molecular flexibility index (Phi) is 4.50. The molecule has 4 heterocycles. The molecule has 36 heavy (non-hydrogen) atoms. The minimum atomic E-state index is -1.33. The molecule has 3 saturated heterocycles. The zero-order valence-electron chi connectivity index (χ0n) is 20.5. The van der Waals surface area contributed by atoms with Crippen molar-refractivity contribution in [3.05, 3.63) is 41.0 Å². The molecular formula is C27H28O9. The average Bonchev–Trinajstić information content (AvgIpc) is 3.53. The maximum Gasteiger partial charge on any atom is 0.276 e. The van der Waals surface area contributed by atoms with Gasteiger partial charge in [-0.2, -0.15) is 0 Å². The molecule has 1 N–H and O–H groups in total. The van der Waals surface area contributed by atoms with E-state index >= 15 is 0 Å². The lowest BCUT2D eigenvalue weighted by Gasteiger charge is -2.48. The first-order chi connectivity index (χ1) is 17.4. The van der Waals surface area contributed by atoms with Gasteiger partial charge in [0.15, 0.2) is 11.9 Å². The van der Waals surface area contributed by atoms with Crippen LogP contribution in [0.4, 0.5) is 0 Å². The fourth-order valence-corrected chi connectivity index (χ4v) is 6.85. The number of phenols is 1. The van der Waals surface area contributed by atoms with E-state index in [1.54, 1.807) is 20.3 Å². The Morgan fingerprint density at radius 2 is 2.08 bits per heavy atom. The number of epoxide rings is 1. The monoisotopic (exact) mass is 496 g/mol. The molecule has 2 aromatic rings. The van der Waals surface area contributed by atoms with Crippen LogP contribution in [0.15, 0.2) is 18.7 Å². The fourth-order valence-electron chi connectivity index (χ4n) is 6.85. The second-order valence-electron chi connectivity index (χ2n) is 10.1. The normalized spacial score (nSPS) is 35.0. The second-order valence-corrected chi connectivity index (χ2v) is 10.1. The van der Waals surface area contributed by atoms with Crippen molar-refractivity contribution in [3.8, 4) is 17.2 Å². The van der Waals surface area contributed by atoms with E-state index < -0.39 is 29.4 Å². The summed E-state index contributed by atoms with van der Waals surface area (Å²) in [7, 11) is 3.13. The van der Waals surface area contributed by atoms with Gasteiger partial charge in [0.1, 0.15) is 30.0 Å². The number of benzene rings is 2. The zero-order valence-corrected chi connectivity index (χ0v) is 20.5. The van der Waals surface area contributed by atoms with Crippen molar-refractivity contribution in [2.45, 2.75) is 55.6 Å². The molecular weight excluding hydrogens is 468 g/mol. The van der Waals surface area contributed by atoms with Gasteiger partial charge >= 0.3 is 0 Å². The minimum absolute atomic E-state index is 0.101. The van der Waals surface area contributed by atoms with Gasteiger partial charge in [0.2, 0.25) is 11.4 Å². The van der Waals surface area contributed by atoms with Gasteiger partial charge in [-0.15, -0.1) is 6.58 Å². The highest BCUT2D eigenvalue weighted by molar-refractivity contribution is 6.11. The maximum absolute atomic E-state index is 12.9. The molecule has 1 aliphatic carbocycles. The Bertz CT molecular complexity index is 1350. The SMILES string of the molecule is C=CCOC[C@@]12OC3c4c(C)cc5c(OC)c6c(c(O)c5c4O[C@](OC)([C@@H]3O1)[C@@]21CO1)C(=O)CCC6. The van der Waals surface area contributed by atoms with Gasteiger partial charge in [0, 0.05) is 30.0 Å². The third kappa shape index (κ3) is 2.36. The van der Waals surface area contributed by atoms with Crippen molar-refractivity contribution in [3.63, 3.8) is 0 Å². The lowest BCUT2D eigenvalue weighted by Crippen LogP contribution is -2.68. The Labute approximate surface area is 207 Å². The van der Waals surface area contributed by atoms with Crippen LogP contribution >= 0.6 is 0 Å². The van der Waals surface area contributed by atoms with Crippen molar-refractivity contribution in [1.29, 1.82) is 0 Å². The van der Waals surface area contributed by atoms with Gasteiger partial charge < -0.3 is 38.3 Å². The molecule has 4 aliphatic heterocycles. The number of phenolic OH excluding ortho intramolecular Hbond substituents is 1. The van der Waals surface area contributed by atoms with E-state index in [1.807, 2.05) is 13.0 Å². The molecule has 0 radical (unpaired) electrons. The van der Waals surface area contributed by atoms with Gasteiger partial charge in [0.25, 0.3) is 5.79 Å². The predicted octanol–water partition coefficient (Wildman–Crippen LogP) is 3.25. The quantitative estimate of drug-likeness (QED) is 0.367. The third-order valence-corrected chi connectivity index (χ3v) is 8.40. The standard InChI is InChI=1S/C27H28O9/c1-5-9-32-12-26-25(11-33-25)27(31-4)24(36-26)23(34-26)17-13(2)10-15-19(22(17)35-27)20(29)18-14(21(15)30-3)7-6-8-16(18)28/h5,10,23-24,29H,1,6-9,11-12H2,2-4H3/t23?,24-,25-,26-,27-/m1/s1. The summed E-state index contributed by atoms with van der Waals surface area (Å²) in [6.07, 6.45) is 2.22. The molecule has 7 rings (SSSR count). The van der Waals surface area contributed by atoms with Crippen molar-refractivity contribution in [1.82, 2.24) is 0 Å². The third-order valence-electron chi connectivity index (χ3n) is 8.40. The number of aryl methyl sites for hydroxylation is 1. The van der Waals surface area contributed by atoms with Crippen LogP contribution in [0.1, 0.15) is 46.0 Å². The van der Waals surface area contributed by atoms with E-state index in [0.717, 1.165) is 16.7 Å². The van der Waals surface area contributed by atoms with Crippen molar-refractivity contribution < 1.29 is 43.1 Å². The van der Waals surface area contributed by atoms with E-state index in [-0.39, 0.29) is 18.1 Å². The number of hydrogen-bond acceptors (Lipinski definition) is 9. The van der Waals surface area contributed by atoms with Crippen LogP contribution in [0.5, 0.6) is 17.2 Å². The minimum Gasteiger partial charge on any atom is -0.506 e. The number of carbonyl (C=O) groups is 1. The largest absolute Gasteiger partial charge is 0.506 e. The molecule has 190 valence electrons. The van der Waals surface area contributed by atoms with Gasteiger partial charge in [-0.05, 0) is 31.4 Å². The molecule has 3 fully saturated rings. The van der Waals surface area contributed by atoms with E-state index in [2.05, 4.69) is 6.58 Å². The van der Waals surface area contributed by atoms with E-state index in [4.69, 9.17) is 33.2 Å². The highest BCUT2D eigenvalue weighted by atomic mass is 16.9. The predicted molar refractivity (Wildman–Crippen MR) is 126 cm³/mol. The van der Waals surface area contributed by atoms with Crippen LogP contribution in [0.25, 0.3) is 10.8 Å². The molecule has 9 nitrogen and oxygen atoms in total. The summed E-state index contributed by atoms with van der Waals surface area (Å²) in [4.78, 5) is 12.9. The first-order valence-corrected chi connectivity index (χ1v) is 12.2. The molecule has 1 spiro atoms. The number of rotatable bonds is 6. The Hall–Kier alpha value is -2.69. The molecule has 5 aliphatic rings. The lowest BCUT2D eigenvalue weighted by atomic mass is 9.78. The van der Waals surface area contributed by atoms with E-state index in [9.17, 15) is 9.90 Å². The topological polar surface area (TPSA) is 105 Å². The van der Waals surface area contributed by atoms with Crippen LogP contribution in [0.3, 0.4) is 0 Å². The van der Waals surface area contributed by atoms with Gasteiger partial charge in [0.05, 0.1) is 31.3 Å². The highest BCUT2D eigenvalue weighted by Crippen LogP contribution is 2.71. The Morgan fingerprint density at radius 1 is 1.28 bits per heavy atom. The lowest BCUT2D eigenvalue weighted by molar-refractivity contribution is -0.296. The summed E-state index contributed by atoms with van der Waals surface area (Å²) >= 11 is 0. The number of aromatic hydroxyl groups is 1. The van der Waals surface area contributed by atoms with E-state index in [1.165, 1.54) is 0 Å². The number of ether oxygens (including phenoxy) is 7. The second kappa shape index (κ2) is 7.20. The summed E-state index contributed by atoms with van der Waals surface area (Å²) in [6.45, 7) is 6.40. The van der Waals surface area contributed by atoms with Crippen LogP contribution in [0.2, 0.25) is 0 Å². The summed E-state index contributed by atoms with van der Waals surface area (Å²) in [6, 6.07) is 1.95. The van der Waals surface area contributed by atoms with Crippen LogP contribution in [-0.2, 0) is 30.1 Å².